The van der Waals surface area contributed by atoms with E-state index in [1.807, 2.05) is 21.6 Å². The summed E-state index contributed by atoms with van der Waals surface area (Å²) in [6, 6.07) is 4.38. The minimum absolute atomic E-state index is 0.185. The van der Waals surface area contributed by atoms with Crippen LogP contribution in [0.2, 0.25) is 0 Å². The third-order valence-corrected chi connectivity index (χ3v) is 8.70. The van der Waals surface area contributed by atoms with Gasteiger partial charge in [-0.1, -0.05) is 21.6 Å². The van der Waals surface area contributed by atoms with Crippen molar-refractivity contribution >= 4 is 21.6 Å². The van der Waals surface area contributed by atoms with Gasteiger partial charge in [0.05, 0.1) is 0 Å². The lowest BCUT2D eigenvalue weighted by atomic mass is 9.87. The van der Waals surface area contributed by atoms with Gasteiger partial charge in [0.25, 0.3) is 0 Å². The number of ether oxygens (including phenoxy) is 1. The van der Waals surface area contributed by atoms with E-state index in [9.17, 15) is 10.3 Å². The maximum Gasteiger partial charge on any atom is 0.130 e. The van der Waals surface area contributed by atoms with E-state index in [4.69, 9.17) is 4.74 Å². The average molecular weight is 411 g/mol. The summed E-state index contributed by atoms with van der Waals surface area (Å²) in [6.07, 6.45) is 0.960. The number of nitrogens with zero attached hydrogens (tertiary/aromatic N) is 1. The van der Waals surface area contributed by atoms with E-state index >= 15 is 0 Å². The predicted octanol–water partition coefficient (Wildman–Crippen LogP) is 3.46. The molecule has 3 aliphatic rings. The number of hydroxylamine groups is 2. The van der Waals surface area contributed by atoms with E-state index in [0.29, 0.717) is 12.5 Å². The van der Waals surface area contributed by atoms with Gasteiger partial charge in [0, 0.05) is 34.7 Å². The summed E-state index contributed by atoms with van der Waals surface area (Å²) in [5, 5.41) is 26.0. The molecule has 0 amide bonds. The van der Waals surface area contributed by atoms with Crippen LogP contribution < -0.4 is 10.1 Å². The lowest BCUT2D eigenvalue weighted by Crippen LogP contribution is -2.49. The molecule has 150 valence electrons. The van der Waals surface area contributed by atoms with Crippen LogP contribution in [0, 0.1) is 5.92 Å². The van der Waals surface area contributed by atoms with Crippen LogP contribution in [0.1, 0.15) is 45.2 Å². The summed E-state index contributed by atoms with van der Waals surface area (Å²) >= 11 is 0. The molecule has 0 saturated carbocycles. The molecular weight excluding hydrogens is 380 g/mol. The molecule has 7 heteroatoms. The van der Waals surface area contributed by atoms with Crippen molar-refractivity contribution < 1.29 is 15.1 Å². The zero-order valence-corrected chi connectivity index (χ0v) is 18.1. The molecule has 3 atom stereocenters. The van der Waals surface area contributed by atoms with Gasteiger partial charge in [0.15, 0.2) is 0 Å². The van der Waals surface area contributed by atoms with Crippen LogP contribution in [-0.2, 0) is 12.2 Å². The summed E-state index contributed by atoms with van der Waals surface area (Å²) in [7, 11) is 3.70. The molecule has 3 aliphatic heterocycles. The fourth-order valence-electron chi connectivity index (χ4n) is 4.65. The molecular formula is C20H30N2O3S2. The number of aliphatic hydroxyl groups is 1. The van der Waals surface area contributed by atoms with Gasteiger partial charge in [-0.05, 0) is 69.8 Å². The second-order valence-electron chi connectivity index (χ2n) is 9.18. The third kappa shape index (κ3) is 3.63. The van der Waals surface area contributed by atoms with E-state index < -0.39 is 6.10 Å². The van der Waals surface area contributed by atoms with Crippen molar-refractivity contribution in [2.45, 2.75) is 74.5 Å². The number of hydrogen-bond donors (Lipinski definition) is 3. The Kier molecular flexibility index (Phi) is 5.23. The van der Waals surface area contributed by atoms with Crippen LogP contribution in [-0.4, -0.2) is 51.8 Å². The highest BCUT2D eigenvalue weighted by Crippen LogP contribution is 2.48. The fraction of sp³-hybridized carbons (Fsp3) is 0.700. The van der Waals surface area contributed by atoms with Crippen molar-refractivity contribution in [2.24, 2.45) is 5.92 Å². The Labute approximate surface area is 169 Å². The van der Waals surface area contributed by atoms with Crippen LogP contribution in [0.5, 0.6) is 5.75 Å². The van der Waals surface area contributed by atoms with Crippen molar-refractivity contribution in [1.29, 1.82) is 0 Å². The van der Waals surface area contributed by atoms with Crippen LogP contribution in [0.4, 0.5) is 0 Å². The molecule has 5 nitrogen and oxygen atoms in total. The summed E-state index contributed by atoms with van der Waals surface area (Å²) < 4.78 is 6.05. The SMILES string of the molecule is CC1(C)CC(CNCC(O)C2Cc3cc4c(cc3O2)CSS4)C(C)(C)N1O. The van der Waals surface area contributed by atoms with Gasteiger partial charge < -0.3 is 20.4 Å². The molecule has 0 bridgehead atoms. The second-order valence-corrected chi connectivity index (χ2v) is 11.5. The minimum atomic E-state index is -0.544. The number of fused-ring (bicyclic) bond motifs is 2. The monoisotopic (exact) mass is 410 g/mol. The number of rotatable bonds is 5. The van der Waals surface area contributed by atoms with Crippen LogP contribution in [0.15, 0.2) is 17.0 Å². The van der Waals surface area contributed by atoms with Gasteiger partial charge in [-0.15, -0.1) is 0 Å². The Morgan fingerprint density at radius 2 is 2.07 bits per heavy atom. The molecule has 0 aromatic heterocycles. The van der Waals surface area contributed by atoms with Gasteiger partial charge in [0.2, 0.25) is 0 Å². The minimum Gasteiger partial charge on any atom is -0.487 e. The quantitative estimate of drug-likeness (QED) is 0.643. The van der Waals surface area contributed by atoms with Crippen molar-refractivity contribution in [3.8, 4) is 5.75 Å². The molecule has 0 aliphatic carbocycles. The molecule has 4 rings (SSSR count). The van der Waals surface area contributed by atoms with Crippen molar-refractivity contribution in [1.82, 2.24) is 10.4 Å². The Hall–Kier alpha value is -0.440. The fourth-order valence-corrected chi connectivity index (χ4v) is 7.12. The largest absolute Gasteiger partial charge is 0.487 e. The maximum atomic E-state index is 10.6. The lowest BCUT2D eigenvalue weighted by molar-refractivity contribution is -0.196. The molecule has 1 fully saturated rings. The average Bonchev–Trinajstić information content (AvgIpc) is 3.26. The zero-order valence-electron chi connectivity index (χ0n) is 16.5. The summed E-state index contributed by atoms with van der Waals surface area (Å²) in [6.45, 7) is 9.57. The highest BCUT2D eigenvalue weighted by molar-refractivity contribution is 8.76. The molecule has 0 radical (unpaired) electrons. The molecule has 1 aromatic rings. The first-order valence-corrected chi connectivity index (χ1v) is 12.0. The zero-order chi connectivity index (χ0) is 19.4. The van der Waals surface area contributed by atoms with Gasteiger partial charge in [-0.25, -0.2) is 0 Å². The molecule has 3 N–H and O–H groups in total. The predicted molar refractivity (Wildman–Crippen MR) is 110 cm³/mol. The van der Waals surface area contributed by atoms with Gasteiger partial charge in [-0.3, -0.25) is 0 Å². The van der Waals surface area contributed by atoms with Crippen molar-refractivity contribution in [3.05, 3.63) is 23.3 Å². The van der Waals surface area contributed by atoms with E-state index in [1.54, 1.807) is 0 Å². The van der Waals surface area contributed by atoms with E-state index in [-0.39, 0.29) is 17.2 Å². The number of aliphatic hydroxyl groups excluding tert-OH is 1. The first-order chi connectivity index (χ1) is 12.7. The van der Waals surface area contributed by atoms with E-state index in [1.165, 1.54) is 21.1 Å². The molecule has 0 spiro atoms. The van der Waals surface area contributed by atoms with Crippen molar-refractivity contribution in [2.75, 3.05) is 13.1 Å². The number of hydrogen-bond acceptors (Lipinski definition) is 7. The van der Waals surface area contributed by atoms with E-state index in [2.05, 4.69) is 45.1 Å². The Morgan fingerprint density at radius 3 is 2.78 bits per heavy atom. The summed E-state index contributed by atoms with van der Waals surface area (Å²) in [5.74, 6) is 2.29. The molecule has 3 heterocycles. The Balaban J connectivity index is 1.30. The topological polar surface area (TPSA) is 65.0 Å². The van der Waals surface area contributed by atoms with Crippen molar-refractivity contribution in [3.63, 3.8) is 0 Å². The second kappa shape index (κ2) is 7.11. The third-order valence-electron chi connectivity index (χ3n) is 6.34. The van der Waals surface area contributed by atoms with Gasteiger partial charge >= 0.3 is 0 Å². The Morgan fingerprint density at radius 1 is 1.30 bits per heavy atom. The lowest BCUT2D eigenvalue weighted by Gasteiger charge is -2.36. The highest BCUT2D eigenvalue weighted by Gasteiger charge is 2.50. The first kappa shape index (κ1) is 19.9. The van der Waals surface area contributed by atoms with Gasteiger partial charge in [0.1, 0.15) is 18.0 Å². The number of nitrogens with one attached hydrogen (secondary N) is 1. The van der Waals surface area contributed by atoms with E-state index in [0.717, 1.165) is 30.9 Å². The highest BCUT2D eigenvalue weighted by atomic mass is 33.1. The molecule has 27 heavy (non-hydrogen) atoms. The smallest absolute Gasteiger partial charge is 0.130 e. The van der Waals surface area contributed by atoms with Crippen LogP contribution in [0.25, 0.3) is 0 Å². The number of benzene rings is 1. The normalized spacial score (nSPS) is 29.4. The maximum absolute atomic E-state index is 10.6. The summed E-state index contributed by atoms with van der Waals surface area (Å²) in [4.78, 5) is 1.34. The standard InChI is InChI=1S/C20H30N2O3S2/c1-19(2)8-14(20(3,4)22(19)24)9-21-10-15(23)17-5-12-7-18-13(11-26-27-18)6-16(12)25-17/h6-7,14-15,17,21,23-24H,5,8-11H2,1-4H3. The first-order valence-electron chi connectivity index (χ1n) is 9.68. The molecule has 3 unspecified atom stereocenters. The molecule has 1 saturated heterocycles. The summed E-state index contributed by atoms with van der Waals surface area (Å²) in [5.41, 5.74) is 2.05. The van der Waals surface area contributed by atoms with Crippen LogP contribution >= 0.6 is 21.6 Å². The van der Waals surface area contributed by atoms with Gasteiger partial charge in [-0.2, -0.15) is 5.06 Å². The Bertz CT molecular complexity index is 692. The molecule has 1 aromatic carbocycles. The van der Waals surface area contributed by atoms with Crippen LogP contribution in [0.3, 0.4) is 0 Å².